The molecule has 3 fully saturated rings. The molecule has 1 atom stereocenters. The van der Waals surface area contributed by atoms with Gasteiger partial charge >= 0.3 is 12.1 Å². The monoisotopic (exact) mass is 779 g/mol. The Morgan fingerprint density at radius 2 is 1.65 bits per heavy atom. The number of rotatable bonds is 9. The summed E-state index contributed by atoms with van der Waals surface area (Å²) in [5, 5.41) is 13.2. The van der Waals surface area contributed by atoms with Gasteiger partial charge < -0.3 is 29.9 Å². The molecule has 0 bridgehead atoms. The second kappa shape index (κ2) is 17.3. The van der Waals surface area contributed by atoms with E-state index in [-0.39, 0.29) is 41.5 Å². The normalized spacial score (nSPS) is 20.1. The van der Waals surface area contributed by atoms with Gasteiger partial charge in [-0.05, 0) is 71.3 Å². The first-order valence-corrected chi connectivity index (χ1v) is 18.8. The van der Waals surface area contributed by atoms with Crippen LogP contribution in [0.2, 0.25) is 0 Å². The lowest BCUT2D eigenvalue weighted by Crippen LogP contribution is -2.57. The largest absolute Gasteiger partial charge is 0.507 e. The quantitative estimate of drug-likeness (QED) is 0.257. The van der Waals surface area contributed by atoms with Gasteiger partial charge in [-0.2, -0.15) is 0 Å². The number of para-hydroxylation sites is 1. The van der Waals surface area contributed by atoms with Crippen LogP contribution in [0.3, 0.4) is 0 Å². The average molecular weight is 781 g/mol. The van der Waals surface area contributed by atoms with Crippen LogP contribution in [0.4, 0.5) is 15.3 Å². The van der Waals surface area contributed by atoms with E-state index < -0.39 is 12.2 Å². The summed E-state index contributed by atoms with van der Waals surface area (Å²) < 4.78 is 6.40. The molecule has 0 unspecified atom stereocenters. The predicted molar refractivity (Wildman–Crippen MR) is 198 cm³/mol. The average Bonchev–Trinajstić information content (AvgIpc) is 3.31. The van der Waals surface area contributed by atoms with Crippen molar-refractivity contribution in [2.75, 3.05) is 77.9 Å². The number of carbonyl (C=O) groups excluding carboxylic acids is 4. The van der Waals surface area contributed by atoms with Crippen LogP contribution in [0.1, 0.15) is 36.8 Å². The van der Waals surface area contributed by atoms with Gasteiger partial charge in [0.05, 0.1) is 18.1 Å². The van der Waals surface area contributed by atoms with E-state index in [9.17, 15) is 24.3 Å². The van der Waals surface area contributed by atoms with Crippen LogP contribution in [0, 0.1) is 0 Å². The highest BCUT2D eigenvalue weighted by atomic mass is 79.9. The molecule has 0 spiro atoms. The molecule has 4 heterocycles. The number of hydroxylamine groups is 1. The summed E-state index contributed by atoms with van der Waals surface area (Å²) in [6, 6.07) is 11.3. The molecule has 278 valence electrons. The number of hydrogen-bond donors (Lipinski definition) is 3. The van der Waals surface area contributed by atoms with Crippen molar-refractivity contribution in [2.45, 2.75) is 56.7 Å². The zero-order chi connectivity index (χ0) is 36.8. The minimum atomic E-state index is -1.09. The molecule has 2 radical (unpaired) electrons. The number of benzene rings is 2. The number of fused-ring (bicyclic) bond motifs is 1. The van der Waals surface area contributed by atoms with Gasteiger partial charge in [-0.1, -0.05) is 29.7 Å². The third kappa shape index (κ3) is 9.19. The standard InChI is InChI=1S/C36H47BBrN7O7/c1-51-40-32(46)23-41-11-7-26(8-12-41)42-16-18-43(19-17-42)34(48)31(22-24-20-28(37)33(47)29(38)21-24)52-36(50)44-13-9-27(10-14-44)45-15-6-25-4-2-3-5-30(25)39-35(45)49/h2-5,20-21,26-27,31,47H,6-19,22-23H2,1H3,(H,39,49)(H,40,46)/t31-/m1/s1. The molecule has 2 aromatic carbocycles. The number of carbonyl (C=O) groups is 4. The third-order valence-electron chi connectivity index (χ3n) is 10.7. The van der Waals surface area contributed by atoms with Crippen LogP contribution in [0.5, 0.6) is 5.75 Å². The Bertz CT molecular complexity index is 1590. The number of urea groups is 1. The van der Waals surface area contributed by atoms with Crippen LogP contribution in [0.25, 0.3) is 0 Å². The number of nitrogens with one attached hydrogen (secondary N) is 2. The highest BCUT2D eigenvalue weighted by Gasteiger charge is 2.36. The summed E-state index contributed by atoms with van der Waals surface area (Å²) in [5.74, 6) is -0.525. The molecule has 4 aliphatic heterocycles. The molecule has 6 rings (SSSR count). The van der Waals surface area contributed by atoms with Crippen molar-refractivity contribution >= 4 is 58.9 Å². The number of amides is 5. The van der Waals surface area contributed by atoms with Crippen LogP contribution in [-0.2, 0) is 32.0 Å². The molecule has 16 heteroatoms. The van der Waals surface area contributed by atoms with Gasteiger partial charge in [0.2, 0.25) is 0 Å². The first kappa shape index (κ1) is 37.9. The fourth-order valence-corrected chi connectivity index (χ4v) is 8.31. The Morgan fingerprint density at radius 3 is 2.35 bits per heavy atom. The number of nitrogens with zero attached hydrogens (tertiary/aromatic N) is 5. The van der Waals surface area contributed by atoms with Crippen molar-refractivity contribution in [2.24, 2.45) is 0 Å². The molecule has 14 nitrogen and oxygen atoms in total. The Kier molecular flexibility index (Phi) is 12.6. The first-order valence-electron chi connectivity index (χ1n) is 18.0. The van der Waals surface area contributed by atoms with E-state index in [1.807, 2.05) is 29.2 Å². The first-order chi connectivity index (χ1) is 25.1. The summed E-state index contributed by atoms with van der Waals surface area (Å²) in [5.41, 5.74) is 5.11. The lowest BCUT2D eigenvalue weighted by molar-refractivity contribution is -0.143. The fourth-order valence-electron chi connectivity index (χ4n) is 7.79. The van der Waals surface area contributed by atoms with E-state index in [0.717, 1.165) is 43.6 Å². The maximum absolute atomic E-state index is 14.1. The Labute approximate surface area is 314 Å². The predicted octanol–water partition coefficient (Wildman–Crippen LogP) is 1.84. The maximum Gasteiger partial charge on any atom is 0.410 e. The number of ether oxygens (including phenoxy) is 1. The van der Waals surface area contributed by atoms with Gasteiger partial charge in [0.25, 0.3) is 11.8 Å². The smallest absolute Gasteiger partial charge is 0.410 e. The van der Waals surface area contributed by atoms with Crippen LogP contribution in [0.15, 0.2) is 40.9 Å². The van der Waals surface area contributed by atoms with Gasteiger partial charge in [0, 0.05) is 83.1 Å². The highest BCUT2D eigenvalue weighted by molar-refractivity contribution is 9.10. The Hall–Kier alpha value is -3.86. The number of phenols is 1. The second-order valence-electron chi connectivity index (χ2n) is 13.9. The van der Waals surface area contributed by atoms with Gasteiger partial charge in [-0.3, -0.25) is 24.2 Å². The number of phenolic OH excluding ortho intramolecular Hbond substituents is 1. The van der Waals surface area contributed by atoms with Crippen molar-refractivity contribution in [3.05, 3.63) is 52.0 Å². The maximum atomic E-state index is 14.1. The highest BCUT2D eigenvalue weighted by Crippen LogP contribution is 2.27. The third-order valence-corrected chi connectivity index (χ3v) is 11.3. The number of likely N-dealkylation sites (tertiary alicyclic amines) is 2. The lowest BCUT2D eigenvalue weighted by atomic mass is 9.91. The molecule has 3 N–H and O–H groups in total. The zero-order valence-electron chi connectivity index (χ0n) is 29.6. The molecule has 0 aliphatic carbocycles. The number of piperidine rings is 2. The van der Waals surface area contributed by atoms with E-state index in [0.29, 0.717) is 81.3 Å². The summed E-state index contributed by atoms with van der Waals surface area (Å²) in [6.45, 7) is 5.69. The molecule has 4 aliphatic rings. The fraction of sp³-hybridized carbons (Fsp3) is 0.556. The summed E-state index contributed by atoms with van der Waals surface area (Å²) in [4.78, 5) is 67.2. The van der Waals surface area contributed by atoms with E-state index in [1.165, 1.54) is 7.11 Å². The number of aromatic hydroxyl groups is 1. The molecule has 2 aromatic rings. The molecule has 52 heavy (non-hydrogen) atoms. The lowest BCUT2D eigenvalue weighted by Gasteiger charge is -2.43. The van der Waals surface area contributed by atoms with Gasteiger partial charge in [-0.15, -0.1) is 0 Å². The van der Waals surface area contributed by atoms with E-state index in [1.54, 1.807) is 21.9 Å². The van der Waals surface area contributed by atoms with E-state index >= 15 is 0 Å². The van der Waals surface area contributed by atoms with E-state index in [2.05, 4.69) is 36.5 Å². The molecular weight excluding hydrogens is 733 g/mol. The van der Waals surface area contributed by atoms with Gasteiger partial charge in [0.1, 0.15) is 13.6 Å². The topological polar surface area (TPSA) is 147 Å². The van der Waals surface area contributed by atoms with Crippen molar-refractivity contribution in [3.63, 3.8) is 0 Å². The van der Waals surface area contributed by atoms with Gasteiger partial charge in [-0.25, -0.2) is 15.1 Å². The second-order valence-corrected chi connectivity index (χ2v) is 14.8. The summed E-state index contributed by atoms with van der Waals surface area (Å²) in [6.07, 6.45) is 2.23. The zero-order valence-corrected chi connectivity index (χ0v) is 31.2. The molecule has 3 saturated heterocycles. The van der Waals surface area contributed by atoms with Gasteiger partial charge in [0.15, 0.2) is 6.10 Å². The molecule has 5 amide bonds. The summed E-state index contributed by atoms with van der Waals surface area (Å²) >= 11 is 3.33. The van der Waals surface area contributed by atoms with Crippen LogP contribution < -0.4 is 16.3 Å². The number of piperazine rings is 1. The number of halogens is 1. The van der Waals surface area contributed by atoms with Crippen LogP contribution >= 0.6 is 15.9 Å². The van der Waals surface area contributed by atoms with Crippen molar-refractivity contribution in [3.8, 4) is 5.75 Å². The number of hydrogen-bond acceptors (Lipinski definition) is 9. The summed E-state index contributed by atoms with van der Waals surface area (Å²) in [7, 11) is 7.45. The van der Waals surface area contributed by atoms with Crippen molar-refractivity contribution < 1.29 is 33.9 Å². The Balaban J connectivity index is 1.05. The van der Waals surface area contributed by atoms with E-state index in [4.69, 9.17) is 17.4 Å². The molecular formula is C36H47BBrN7O7. The minimum absolute atomic E-state index is 0.0215. The number of anilines is 1. The minimum Gasteiger partial charge on any atom is -0.507 e. The Morgan fingerprint density at radius 1 is 0.962 bits per heavy atom. The molecule has 0 aromatic heterocycles. The van der Waals surface area contributed by atoms with Crippen molar-refractivity contribution in [1.29, 1.82) is 0 Å². The van der Waals surface area contributed by atoms with Crippen molar-refractivity contribution in [1.82, 2.24) is 30.0 Å². The SMILES string of the molecule is [B]c1cc(C[C@@H](OC(=O)N2CCC(N3CCc4ccccc4NC3=O)CC2)C(=O)N2CCN(C3CCN(CC(=O)NOC)CC3)CC2)cc(Br)c1O. The molecule has 0 saturated carbocycles. The van der Waals surface area contributed by atoms with Crippen LogP contribution in [-0.4, -0.2) is 152 Å².